The lowest BCUT2D eigenvalue weighted by atomic mass is 9.98. The van der Waals surface area contributed by atoms with Crippen LogP contribution in [0, 0.1) is 0 Å². The Bertz CT molecular complexity index is 1390. The highest BCUT2D eigenvalue weighted by Crippen LogP contribution is 2.45. The van der Waals surface area contributed by atoms with E-state index in [9.17, 15) is 9.59 Å². The van der Waals surface area contributed by atoms with Crippen LogP contribution in [-0.2, 0) is 13.1 Å². The molecule has 0 bridgehead atoms. The van der Waals surface area contributed by atoms with Gasteiger partial charge in [0.25, 0.3) is 11.7 Å². The number of nitrogens with zero attached hydrogens (tertiary/aromatic N) is 2. The van der Waals surface area contributed by atoms with Gasteiger partial charge in [0, 0.05) is 18.7 Å². The summed E-state index contributed by atoms with van der Waals surface area (Å²) < 4.78 is 0. The maximum atomic E-state index is 14.2. The van der Waals surface area contributed by atoms with Crippen LogP contribution in [0.5, 0.6) is 0 Å². The molecule has 4 aromatic carbocycles. The average molecular weight is 446 g/mol. The van der Waals surface area contributed by atoms with E-state index < -0.39 is 5.79 Å². The SMILES string of the molecule is O=C1NC2(C(=O)c3ccccc3N2Cc2ccccc2)N(Cc2ccccc2)c2ccccc21. The Morgan fingerprint density at radius 1 is 0.559 bits per heavy atom. The summed E-state index contributed by atoms with van der Waals surface area (Å²) in [7, 11) is 0. The molecule has 1 atom stereocenters. The zero-order valence-electron chi connectivity index (χ0n) is 18.5. The third kappa shape index (κ3) is 3.01. The fourth-order valence-electron chi connectivity index (χ4n) is 5.08. The second-order valence-electron chi connectivity index (χ2n) is 8.63. The number of anilines is 2. The Hall–Kier alpha value is -4.38. The van der Waals surface area contributed by atoms with Gasteiger partial charge in [0.15, 0.2) is 0 Å². The quantitative estimate of drug-likeness (QED) is 0.481. The van der Waals surface area contributed by atoms with Gasteiger partial charge in [-0.1, -0.05) is 84.9 Å². The molecule has 0 saturated heterocycles. The Morgan fingerprint density at radius 2 is 1.00 bits per heavy atom. The zero-order chi connectivity index (χ0) is 23.1. The van der Waals surface area contributed by atoms with E-state index >= 15 is 0 Å². The zero-order valence-corrected chi connectivity index (χ0v) is 18.5. The summed E-state index contributed by atoms with van der Waals surface area (Å²) in [5.41, 5.74) is 4.84. The third-order valence-corrected chi connectivity index (χ3v) is 6.63. The average Bonchev–Trinajstić information content (AvgIpc) is 3.11. The molecule has 1 amide bonds. The van der Waals surface area contributed by atoms with Gasteiger partial charge in [-0.2, -0.15) is 0 Å². The molecule has 2 heterocycles. The molecular weight excluding hydrogens is 422 g/mol. The molecule has 0 aromatic heterocycles. The van der Waals surface area contributed by atoms with Crippen molar-refractivity contribution < 1.29 is 9.59 Å². The number of Topliss-reactive ketones (excluding diaryl/α,β-unsaturated/α-hetero) is 1. The summed E-state index contributed by atoms with van der Waals surface area (Å²) >= 11 is 0. The first kappa shape index (κ1) is 20.2. The van der Waals surface area contributed by atoms with Crippen molar-refractivity contribution in [2.75, 3.05) is 9.80 Å². The van der Waals surface area contributed by atoms with Gasteiger partial charge in [0.05, 0.1) is 16.9 Å². The number of hydrogen-bond donors (Lipinski definition) is 1. The minimum atomic E-state index is -1.37. The molecule has 1 unspecified atom stereocenters. The molecular formula is C29H23N3O2. The molecule has 0 aliphatic carbocycles. The van der Waals surface area contributed by atoms with Gasteiger partial charge in [0.2, 0.25) is 5.78 Å². The van der Waals surface area contributed by atoms with Gasteiger partial charge in [0.1, 0.15) is 0 Å². The van der Waals surface area contributed by atoms with Gasteiger partial charge in [-0.05, 0) is 35.4 Å². The molecule has 2 aliphatic rings. The predicted octanol–water partition coefficient (Wildman–Crippen LogP) is 4.99. The summed E-state index contributed by atoms with van der Waals surface area (Å²) in [6, 6.07) is 35.2. The topological polar surface area (TPSA) is 52.7 Å². The maximum Gasteiger partial charge on any atom is 0.259 e. The Kier molecular flexibility index (Phi) is 4.69. The molecule has 5 nitrogen and oxygen atoms in total. The molecule has 5 heteroatoms. The molecule has 0 saturated carbocycles. The predicted molar refractivity (Wildman–Crippen MR) is 133 cm³/mol. The van der Waals surface area contributed by atoms with Crippen molar-refractivity contribution in [3.05, 3.63) is 131 Å². The van der Waals surface area contributed by atoms with E-state index in [2.05, 4.69) is 5.32 Å². The minimum absolute atomic E-state index is 0.127. The number of carbonyl (C=O) groups is 2. The fourth-order valence-corrected chi connectivity index (χ4v) is 5.08. The second kappa shape index (κ2) is 7.89. The summed E-state index contributed by atoms with van der Waals surface area (Å²) in [6.07, 6.45) is 0. The van der Waals surface area contributed by atoms with Gasteiger partial charge in [-0.3, -0.25) is 9.59 Å². The Morgan fingerprint density at radius 3 is 1.56 bits per heavy atom. The highest BCUT2D eigenvalue weighted by Gasteiger charge is 2.59. The number of ketones is 1. The number of para-hydroxylation sites is 2. The van der Waals surface area contributed by atoms with Crippen LogP contribution in [-0.4, -0.2) is 17.5 Å². The smallest absolute Gasteiger partial charge is 0.259 e. The molecule has 0 radical (unpaired) electrons. The van der Waals surface area contributed by atoms with Crippen LogP contribution in [0.4, 0.5) is 11.4 Å². The number of benzene rings is 4. The standard InChI is InChI=1S/C29H23N3O2/c33-27-23-15-7-9-17-25(23)31(19-21-11-3-1-4-12-21)29(27)30-28(34)24-16-8-10-18-26(24)32(29)20-22-13-5-2-6-14-22/h1-18H,19-20H2,(H,30,34). The van der Waals surface area contributed by atoms with Crippen molar-refractivity contribution in [1.29, 1.82) is 0 Å². The number of nitrogens with one attached hydrogen (secondary N) is 1. The molecule has 6 rings (SSSR count). The van der Waals surface area contributed by atoms with Crippen LogP contribution in [0.2, 0.25) is 0 Å². The first-order valence-corrected chi connectivity index (χ1v) is 11.4. The van der Waals surface area contributed by atoms with Crippen LogP contribution < -0.4 is 15.1 Å². The van der Waals surface area contributed by atoms with Crippen molar-refractivity contribution >= 4 is 23.1 Å². The van der Waals surface area contributed by atoms with Crippen molar-refractivity contribution in [2.24, 2.45) is 0 Å². The number of amides is 1. The minimum Gasteiger partial charge on any atom is -0.320 e. The first-order valence-electron chi connectivity index (χ1n) is 11.4. The van der Waals surface area contributed by atoms with Crippen LogP contribution in [0.3, 0.4) is 0 Å². The lowest BCUT2D eigenvalue weighted by Crippen LogP contribution is -2.74. The lowest BCUT2D eigenvalue weighted by Gasteiger charge is -2.50. The fraction of sp³-hybridized carbons (Fsp3) is 0.103. The Labute approximate surface area is 198 Å². The summed E-state index contributed by atoms with van der Waals surface area (Å²) in [5, 5.41) is 3.15. The number of fused-ring (bicyclic) bond motifs is 2. The van der Waals surface area contributed by atoms with Gasteiger partial charge < -0.3 is 15.1 Å². The van der Waals surface area contributed by atoms with E-state index in [-0.39, 0.29) is 11.7 Å². The largest absolute Gasteiger partial charge is 0.320 e. The number of rotatable bonds is 4. The number of hydrogen-bond acceptors (Lipinski definition) is 4. The van der Waals surface area contributed by atoms with Gasteiger partial charge in [-0.25, -0.2) is 0 Å². The summed E-state index contributed by atoms with van der Waals surface area (Å²) in [5.74, 6) is -1.75. The summed E-state index contributed by atoms with van der Waals surface area (Å²) in [6.45, 7) is 0.931. The van der Waals surface area contributed by atoms with Crippen LogP contribution in [0.15, 0.2) is 109 Å². The number of carbonyl (C=O) groups excluding carboxylic acids is 2. The second-order valence-corrected chi connectivity index (χ2v) is 8.63. The van der Waals surface area contributed by atoms with Crippen LogP contribution >= 0.6 is 0 Å². The maximum absolute atomic E-state index is 14.2. The first-order chi connectivity index (χ1) is 16.7. The third-order valence-electron chi connectivity index (χ3n) is 6.63. The molecule has 2 aliphatic heterocycles. The molecule has 34 heavy (non-hydrogen) atoms. The van der Waals surface area contributed by atoms with E-state index in [1.54, 1.807) is 0 Å². The van der Waals surface area contributed by atoms with E-state index in [1.165, 1.54) is 0 Å². The van der Waals surface area contributed by atoms with Crippen molar-refractivity contribution in [3.63, 3.8) is 0 Å². The normalized spacial score (nSPS) is 18.6. The Balaban J connectivity index is 1.58. The van der Waals surface area contributed by atoms with Crippen LogP contribution in [0.25, 0.3) is 0 Å². The molecule has 4 aromatic rings. The molecule has 1 N–H and O–H groups in total. The monoisotopic (exact) mass is 445 g/mol. The highest BCUT2D eigenvalue weighted by molar-refractivity contribution is 6.19. The lowest BCUT2D eigenvalue weighted by molar-refractivity contribution is 0.0752. The molecule has 166 valence electrons. The van der Waals surface area contributed by atoms with Gasteiger partial charge >= 0.3 is 0 Å². The van der Waals surface area contributed by atoms with E-state index in [0.29, 0.717) is 24.2 Å². The van der Waals surface area contributed by atoms with Crippen molar-refractivity contribution in [3.8, 4) is 0 Å². The highest BCUT2D eigenvalue weighted by atomic mass is 16.2. The summed E-state index contributed by atoms with van der Waals surface area (Å²) in [4.78, 5) is 31.7. The molecule has 1 spiro atoms. The van der Waals surface area contributed by atoms with Gasteiger partial charge in [-0.15, -0.1) is 0 Å². The van der Waals surface area contributed by atoms with E-state index in [4.69, 9.17) is 0 Å². The van der Waals surface area contributed by atoms with Crippen LogP contribution in [0.1, 0.15) is 31.8 Å². The molecule has 0 fully saturated rings. The van der Waals surface area contributed by atoms with E-state index in [0.717, 1.165) is 22.5 Å². The van der Waals surface area contributed by atoms with E-state index in [1.807, 2.05) is 119 Å². The van der Waals surface area contributed by atoms with Crippen molar-refractivity contribution in [1.82, 2.24) is 5.32 Å². The van der Waals surface area contributed by atoms with Crippen molar-refractivity contribution in [2.45, 2.75) is 18.9 Å².